The molecule has 0 radical (unpaired) electrons. The Morgan fingerprint density at radius 3 is 2.19 bits per heavy atom. The SMILES string of the molecule is COCCC(=O)N(CCC(=O)O)C(C)(C)C. The molecule has 94 valence electrons. The molecule has 0 bridgehead atoms. The van der Waals surface area contributed by atoms with E-state index in [1.165, 1.54) is 7.11 Å². The summed E-state index contributed by atoms with van der Waals surface area (Å²) in [6, 6.07) is 0. The summed E-state index contributed by atoms with van der Waals surface area (Å²) in [5.41, 5.74) is -0.361. The zero-order valence-electron chi connectivity index (χ0n) is 10.4. The van der Waals surface area contributed by atoms with Gasteiger partial charge in [0.15, 0.2) is 0 Å². The third kappa shape index (κ3) is 5.70. The molecule has 0 aromatic carbocycles. The molecule has 0 unspecified atom stereocenters. The molecule has 0 aliphatic carbocycles. The first-order valence-corrected chi connectivity index (χ1v) is 5.30. The van der Waals surface area contributed by atoms with Crippen LogP contribution in [0.2, 0.25) is 0 Å². The fourth-order valence-corrected chi connectivity index (χ4v) is 1.37. The van der Waals surface area contributed by atoms with Crippen molar-refractivity contribution in [3.63, 3.8) is 0 Å². The molecule has 0 saturated heterocycles. The largest absolute Gasteiger partial charge is 0.481 e. The van der Waals surface area contributed by atoms with Crippen molar-refractivity contribution in [1.29, 1.82) is 0 Å². The lowest BCUT2D eigenvalue weighted by molar-refractivity contribution is -0.141. The Morgan fingerprint density at radius 1 is 1.25 bits per heavy atom. The Bertz CT molecular complexity index is 245. The second kappa shape index (κ2) is 6.48. The lowest BCUT2D eigenvalue weighted by Gasteiger charge is -2.35. The monoisotopic (exact) mass is 231 g/mol. The van der Waals surface area contributed by atoms with Crippen LogP contribution >= 0.6 is 0 Å². The molecule has 0 aromatic rings. The van der Waals surface area contributed by atoms with Crippen LogP contribution in [0.1, 0.15) is 33.6 Å². The number of hydrogen-bond acceptors (Lipinski definition) is 3. The van der Waals surface area contributed by atoms with Gasteiger partial charge in [0.05, 0.1) is 19.4 Å². The molecule has 0 spiro atoms. The Morgan fingerprint density at radius 2 is 1.81 bits per heavy atom. The summed E-state index contributed by atoms with van der Waals surface area (Å²) in [5, 5.41) is 8.62. The molecule has 0 saturated carbocycles. The first kappa shape index (κ1) is 14.9. The van der Waals surface area contributed by atoms with E-state index in [2.05, 4.69) is 0 Å². The lowest BCUT2D eigenvalue weighted by Crippen LogP contribution is -2.46. The van der Waals surface area contributed by atoms with Crippen LogP contribution in [0.15, 0.2) is 0 Å². The van der Waals surface area contributed by atoms with Gasteiger partial charge in [0.1, 0.15) is 0 Å². The lowest BCUT2D eigenvalue weighted by atomic mass is 10.0. The molecule has 0 atom stereocenters. The highest BCUT2D eigenvalue weighted by Gasteiger charge is 2.26. The van der Waals surface area contributed by atoms with E-state index < -0.39 is 5.97 Å². The fourth-order valence-electron chi connectivity index (χ4n) is 1.37. The maximum absolute atomic E-state index is 11.8. The standard InChI is InChI=1S/C11H21NO4/c1-11(2,3)12(7-5-10(14)15)9(13)6-8-16-4/h5-8H2,1-4H3,(H,14,15). The number of carbonyl (C=O) groups excluding carboxylic acids is 1. The highest BCUT2D eigenvalue weighted by atomic mass is 16.5. The average molecular weight is 231 g/mol. The number of hydrogen-bond donors (Lipinski definition) is 1. The van der Waals surface area contributed by atoms with Gasteiger partial charge in [-0.1, -0.05) is 0 Å². The van der Waals surface area contributed by atoms with Gasteiger partial charge in [-0.15, -0.1) is 0 Å². The number of carboxylic acid groups (broad SMARTS) is 1. The van der Waals surface area contributed by atoms with E-state index in [4.69, 9.17) is 9.84 Å². The van der Waals surface area contributed by atoms with Gasteiger partial charge < -0.3 is 14.7 Å². The molecule has 1 amide bonds. The van der Waals surface area contributed by atoms with Gasteiger partial charge in [-0.2, -0.15) is 0 Å². The Kier molecular flexibility index (Phi) is 6.03. The van der Waals surface area contributed by atoms with E-state index in [0.29, 0.717) is 6.61 Å². The van der Waals surface area contributed by atoms with Crippen molar-refractivity contribution in [1.82, 2.24) is 4.90 Å². The second-order valence-corrected chi connectivity index (χ2v) is 4.60. The van der Waals surface area contributed by atoms with E-state index in [1.54, 1.807) is 4.90 Å². The number of methoxy groups -OCH3 is 1. The molecule has 5 heteroatoms. The molecular formula is C11H21NO4. The Balaban J connectivity index is 4.42. The van der Waals surface area contributed by atoms with Crippen molar-refractivity contribution in [3.05, 3.63) is 0 Å². The maximum Gasteiger partial charge on any atom is 0.305 e. The number of amides is 1. The van der Waals surface area contributed by atoms with Crippen LogP contribution in [0.4, 0.5) is 0 Å². The first-order valence-electron chi connectivity index (χ1n) is 5.30. The summed E-state index contributed by atoms with van der Waals surface area (Å²) < 4.78 is 4.84. The predicted molar refractivity (Wildman–Crippen MR) is 60.2 cm³/mol. The Labute approximate surface area is 96.4 Å². The van der Waals surface area contributed by atoms with Crippen molar-refractivity contribution in [2.75, 3.05) is 20.3 Å². The van der Waals surface area contributed by atoms with E-state index in [1.807, 2.05) is 20.8 Å². The van der Waals surface area contributed by atoms with Gasteiger partial charge in [0.2, 0.25) is 5.91 Å². The van der Waals surface area contributed by atoms with Gasteiger partial charge >= 0.3 is 5.97 Å². The summed E-state index contributed by atoms with van der Waals surface area (Å²) in [4.78, 5) is 23.9. The van der Waals surface area contributed by atoms with Gasteiger partial charge in [0.25, 0.3) is 0 Å². The fraction of sp³-hybridized carbons (Fsp3) is 0.818. The number of rotatable bonds is 6. The number of aliphatic carboxylic acids is 1. The number of ether oxygens (including phenoxy) is 1. The van der Waals surface area contributed by atoms with E-state index in [-0.39, 0.29) is 30.8 Å². The summed E-state index contributed by atoms with van der Waals surface area (Å²) in [7, 11) is 1.53. The molecule has 16 heavy (non-hydrogen) atoms. The van der Waals surface area contributed by atoms with Crippen LogP contribution in [0, 0.1) is 0 Å². The predicted octanol–water partition coefficient (Wildman–Crippen LogP) is 1.12. The highest BCUT2D eigenvalue weighted by Crippen LogP contribution is 2.15. The highest BCUT2D eigenvalue weighted by molar-refractivity contribution is 5.77. The topological polar surface area (TPSA) is 66.8 Å². The summed E-state index contributed by atoms with van der Waals surface area (Å²) in [6.45, 7) is 6.26. The van der Waals surface area contributed by atoms with Gasteiger partial charge in [-0.05, 0) is 20.8 Å². The third-order valence-electron chi connectivity index (χ3n) is 2.18. The smallest absolute Gasteiger partial charge is 0.305 e. The number of carboxylic acids is 1. The molecule has 0 rings (SSSR count). The molecule has 1 N–H and O–H groups in total. The van der Waals surface area contributed by atoms with Crippen LogP contribution in [-0.2, 0) is 14.3 Å². The van der Waals surface area contributed by atoms with Gasteiger partial charge in [0, 0.05) is 19.2 Å². The van der Waals surface area contributed by atoms with Crippen LogP contribution in [0.25, 0.3) is 0 Å². The average Bonchev–Trinajstić information content (AvgIpc) is 2.12. The van der Waals surface area contributed by atoms with Crippen molar-refractivity contribution >= 4 is 11.9 Å². The summed E-state index contributed by atoms with van der Waals surface area (Å²) in [5.74, 6) is -0.968. The maximum atomic E-state index is 11.8. The van der Waals surface area contributed by atoms with Crippen LogP contribution in [0.5, 0.6) is 0 Å². The van der Waals surface area contributed by atoms with Crippen LogP contribution in [0.3, 0.4) is 0 Å². The molecule has 0 heterocycles. The normalized spacial score (nSPS) is 11.2. The number of carbonyl (C=O) groups is 2. The molecule has 0 aliphatic rings. The third-order valence-corrected chi connectivity index (χ3v) is 2.18. The second-order valence-electron chi connectivity index (χ2n) is 4.60. The molecule has 5 nitrogen and oxygen atoms in total. The summed E-state index contributed by atoms with van der Waals surface area (Å²) in [6.07, 6.45) is 0.253. The minimum Gasteiger partial charge on any atom is -0.481 e. The number of nitrogens with zero attached hydrogens (tertiary/aromatic N) is 1. The van der Waals surface area contributed by atoms with Crippen LogP contribution < -0.4 is 0 Å². The van der Waals surface area contributed by atoms with E-state index in [9.17, 15) is 9.59 Å². The molecule has 0 aliphatic heterocycles. The van der Waals surface area contributed by atoms with E-state index in [0.717, 1.165) is 0 Å². The Hall–Kier alpha value is -1.10. The van der Waals surface area contributed by atoms with Crippen molar-refractivity contribution in [3.8, 4) is 0 Å². The first-order chi connectivity index (χ1) is 7.29. The molecule has 0 fully saturated rings. The quantitative estimate of drug-likeness (QED) is 0.744. The minimum atomic E-state index is -0.895. The zero-order valence-corrected chi connectivity index (χ0v) is 10.4. The van der Waals surface area contributed by atoms with E-state index >= 15 is 0 Å². The van der Waals surface area contributed by atoms with Crippen molar-refractivity contribution in [2.45, 2.75) is 39.2 Å². The molecule has 0 aromatic heterocycles. The summed E-state index contributed by atoms with van der Waals surface area (Å²) >= 11 is 0. The zero-order chi connectivity index (χ0) is 12.8. The van der Waals surface area contributed by atoms with Gasteiger partial charge in [-0.3, -0.25) is 9.59 Å². The van der Waals surface area contributed by atoms with Crippen molar-refractivity contribution in [2.24, 2.45) is 0 Å². The van der Waals surface area contributed by atoms with Crippen LogP contribution in [-0.4, -0.2) is 47.7 Å². The van der Waals surface area contributed by atoms with Gasteiger partial charge in [-0.25, -0.2) is 0 Å². The minimum absolute atomic E-state index is 0.0318. The molecular weight excluding hydrogens is 210 g/mol. The van der Waals surface area contributed by atoms with Crippen molar-refractivity contribution < 1.29 is 19.4 Å².